The van der Waals surface area contributed by atoms with Crippen molar-refractivity contribution in [3.8, 4) is 5.82 Å². The Bertz CT molecular complexity index is 1150. The van der Waals surface area contributed by atoms with E-state index >= 15 is 0 Å². The van der Waals surface area contributed by atoms with Crippen molar-refractivity contribution >= 4 is 50.4 Å². The van der Waals surface area contributed by atoms with Gasteiger partial charge in [0.05, 0.1) is 10.6 Å². The van der Waals surface area contributed by atoms with Crippen molar-refractivity contribution in [1.82, 2.24) is 20.0 Å². The summed E-state index contributed by atoms with van der Waals surface area (Å²) in [6.07, 6.45) is 0. The lowest BCUT2D eigenvalue weighted by Gasteiger charge is -2.08. The van der Waals surface area contributed by atoms with Crippen LogP contribution in [0.4, 0.5) is 17.2 Å². The van der Waals surface area contributed by atoms with Gasteiger partial charge < -0.3 is 10.6 Å². The molecule has 0 aliphatic carbocycles. The first kappa shape index (κ1) is 19.3. The summed E-state index contributed by atoms with van der Waals surface area (Å²) in [5.41, 5.74) is 3.50. The fourth-order valence-electron chi connectivity index (χ4n) is 2.78. The molecule has 0 saturated heterocycles. The van der Waals surface area contributed by atoms with Crippen LogP contribution in [0.5, 0.6) is 0 Å². The highest BCUT2D eigenvalue weighted by atomic mass is 79.9. The summed E-state index contributed by atoms with van der Waals surface area (Å²) in [4.78, 5) is 12.9. The zero-order chi connectivity index (χ0) is 20.4. The van der Waals surface area contributed by atoms with E-state index in [1.165, 1.54) is 11.3 Å². The normalized spacial score (nSPS) is 10.7. The second kappa shape index (κ2) is 8.14. The number of hydrogen-bond donors (Lipinski definition) is 2. The second-order valence-corrected chi connectivity index (χ2v) is 8.23. The van der Waals surface area contributed by atoms with Crippen LogP contribution in [-0.4, -0.2) is 25.9 Å². The van der Waals surface area contributed by atoms with E-state index in [-0.39, 0.29) is 5.91 Å². The summed E-state index contributed by atoms with van der Waals surface area (Å²) in [6, 6.07) is 14.9. The predicted molar refractivity (Wildman–Crippen MR) is 118 cm³/mol. The molecule has 0 bridgehead atoms. The number of amides is 1. The average Bonchev–Trinajstić information content (AvgIpc) is 3.29. The maximum absolute atomic E-state index is 12.2. The maximum atomic E-state index is 12.2. The third-order valence-corrected chi connectivity index (χ3v) is 5.77. The van der Waals surface area contributed by atoms with Crippen LogP contribution in [0, 0.1) is 13.8 Å². The third kappa shape index (κ3) is 4.52. The molecule has 1 amide bonds. The van der Waals surface area contributed by atoms with Crippen LogP contribution in [0.1, 0.15) is 21.1 Å². The van der Waals surface area contributed by atoms with E-state index in [2.05, 4.69) is 41.9 Å². The number of hydrogen-bond acceptors (Lipinski definition) is 6. The zero-order valence-electron chi connectivity index (χ0n) is 15.7. The molecule has 29 heavy (non-hydrogen) atoms. The van der Waals surface area contributed by atoms with Gasteiger partial charge in [-0.25, -0.2) is 4.68 Å². The van der Waals surface area contributed by atoms with E-state index in [9.17, 15) is 4.79 Å². The van der Waals surface area contributed by atoms with Gasteiger partial charge in [0.2, 0.25) is 0 Å². The number of anilines is 3. The minimum atomic E-state index is -0.132. The first-order valence-corrected chi connectivity index (χ1v) is 10.4. The van der Waals surface area contributed by atoms with Crippen LogP contribution in [0.2, 0.25) is 0 Å². The minimum absolute atomic E-state index is 0.132. The minimum Gasteiger partial charge on any atom is -0.339 e. The molecule has 146 valence electrons. The molecule has 0 spiro atoms. The molecule has 0 unspecified atom stereocenters. The van der Waals surface area contributed by atoms with E-state index in [4.69, 9.17) is 0 Å². The Hall–Kier alpha value is -3.04. The molecule has 0 atom stereocenters. The van der Waals surface area contributed by atoms with Gasteiger partial charge in [-0.2, -0.15) is 5.10 Å². The second-order valence-electron chi connectivity index (χ2n) is 6.40. The highest BCUT2D eigenvalue weighted by Crippen LogP contribution is 2.22. The molecule has 0 radical (unpaired) electrons. The molecule has 7 nitrogen and oxygen atoms in total. The number of aromatic nitrogens is 4. The van der Waals surface area contributed by atoms with Gasteiger partial charge in [0.1, 0.15) is 0 Å². The molecule has 3 aromatic heterocycles. The Kier molecular flexibility index (Phi) is 5.41. The lowest BCUT2D eigenvalue weighted by molar-refractivity contribution is 0.103. The number of nitrogens with one attached hydrogen (secondary N) is 2. The van der Waals surface area contributed by atoms with Crippen LogP contribution in [0.3, 0.4) is 0 Å². The Morgan fingerprint density at radius 2 is 1.79 bits per heavy atom. The molecule has 0 saturated carbocycles. The molecule has 1 aromatic carbocycles. The number of rotatable bonds is 5. The van der Waals surface area contributed by atoms with Gasteiger partial charge >= 0.3 is 0 Å². The molecule has 4 rings (SSSR count). The van der Waals surface area contributed by atoms with Gasteiger partial charge in [-0.15, -0.1) is 21.5 Å². The molecule has 0 aliphatic heterocycles. The highest BCUT2D eigenvalue weighted by Gasteiger charge is 2.09. The van der Waals surface area contributed by atoms with Crippen molar-refractivity contribution in [1.29, 1.82) is 0 Å². The highest BCUT2D eigenvalue weighted by molar-refractivity contribution is 9.10. The SMILES string of the molecule is Cc1cc(C)n(-c2ccc(Nc3ccc(NC(=O)c4cc(Br)cs4)cc3)nn2)n1. The molecule has 0 aliphatic rings. The smallest absolute Gasteiger partial charge is 0.265 e. The summed E-state index contributed by atoms with van der Waals surface area (Å²) in [5, 5.41) is 20.8. The van der Waals surface area contributed by atoms with E-state index in [0.717, 1.165) is 27.2 Å². The Balaban J connectivity index is 1.41. The summed E-state index contributed by atoms with van der Waals surface area (Å²) in [7, 11) is 0. The van der Waals surface area contributed by atoms with Crippen molar-refractivity contribution < 1.29 is 4.79 Å². The summed E-state index contributed by atoms with van der Waals surface area (Å²) in [5.74, 6) is 1.15. The quantitative estimate of drug-likeness (QED) is 0.425. The van der Waals surface area contributed by atoms with Gasteiger partial charge in [-0.1, -0.05) is 0 Å². The monoisotopic (exact) mass is 468 g/mol. The Morgan fingerprint density at radius 1 is 1.03 bits per heavy atom. The van der Waals surface area contributed by atoms with Gasteiger partial charge in [-0.3, -0.25) is 4.79 Å². The predicted octanol–water partition coefficient (Wildman–Crippen LogP) is 5.10. The lowest BCUT2D eigenvalue weighted by atomic mass is 10.2. The Morgan fingerprint density at radius 3 is 2.38 bits per heavy atom. The number of aryl methyl sites for hydroxylation is 2. The van der Waals surface area contributed by atoms with Gasteiger partial charge in [0.15, 0.2) is 11.6 Å². The van der Waals surface area contributed by atoms with Gasteiger partial charge in [0.25, 0.3) is 5.91 Å². The molecular weight excluding hydrogens is 452 g/mol. The van der Waals surface area contributed by atoms with E-state index < -0.39 is 0 Å². The molecular formula is C20H17BrN6OS. The zero-order valence-corrected chi connectivity index (χ0v) is 18.1. The van der Waals surface area contributed by atoms with E-state index in [1.54, 1.807) is 10.7 Å². The maximum Gasteiger partial charge on any atom is 0.265 e. The fraction of sp³-hybridized carbons (Fsp3) is 0.100. The summed E-state index contributed by atoms with van der Waals surface area (Å²) < 4.78 is 2.66. The summed E-state index contributed by atoms with van der Waals surface area (Å²) >= 11 is 4.75. The number of carbonyl (C=O) groups excluding carboxylic acids is 1. The van der Waals surface area contributed by atoms with Gasteiger partial charge in [-0.05, 0) is 78.3 Å². The summed E-state index contributed by atoms with van der Waals surface area (Å²) in [6.45, 7) is 3.92. The number of nitrogens with zero attached hydrogens (tertiary/aromatic N) is 4. The van der Waals surface area contributed by atoms with Crippen LogP contribution >= 0.6 is 27.3 Å². The fourth-order valence-corrected chi connectivity index (χ4v) is 4.10. The topological polar surface area (TPSA) is 84.7 Å². The van der Waals surface area contributed by atoms with Crippen molar-refractivity contribution in [3.05, 3.63) is 74.6 Å². The number of benzene rings is 1. The first-order valence-electron chi connectivity index (χ1n) is 8.78. The van der Waals surface area contributed by atoms with Crippen LogP contribution in [-0.2, 0) is 0 Å². The molecule has 9 heteroatoms. The van der Waals surface area contributed by atoms with E-state index in [1.807, 2.05) is 61.7 Å². The lowest BCUT2D eigenvalue weighted by Crippen LogP contribution is -2.10. The third-order valence-electron chi connectivity index (χ3n) is 4.08. The van der Waals surface area contributed by atoms with Crippen molar-refractivity contribution in [3.63, 3.8) is 0 Å². The van der Waals surface area contributed by atoms with Crippen LogP contribution in [0.25, 0.3) is 5.82 Å². The van der Waals surface area contributed by atoms with Crippen molar-refractivity contribution in [2.45, 2.75) is 13.8 Å². The largest absolute Gasteiger partial charge is 0.339 e. The van der Waals surface area contributed by atoms with Crippen LogP contribution < -0.4 is 10.6 Å². The number of halogens is 1. The number of thiophene rings is 1. The Labute approximate surface area is 179 Å². The standard InChI is InChI=1S/C20H17BrN6OS/c1-12-9-13(2)27(26-12)19-8-7-18(24-25-19)22-15-3-5-16(6-4-15)23-20(28)17-10-14(21)11-29-17/h3-11H,1-2H3,(H,22,24)(H,23,28). The first-order chi connectivity index (χ1) is 14.0. The van der Waals surface area contributed by atoms with Crippen LogP contribution in [0.15, 0.2) is 58.4 Å². The molecule has 2 N–H and O–H groups in total. The molecule has 4 aromatic rings. The van der Waals surface area contributed by atoms with Crippen molar-refractivity contribution in [2.24, 2.45) is 0 Å². The molecule has 0 fully saturated rings. The molecule has 3 heterocycles. The van der Waals surface area contributed by atoms with Crippen molar-refractivity contribution in [2.75, 3.05) is 10.6 Å². The van der Waals surface area contributed by atoms with E-state index in [0.29, 0.717) is 16.5 Å². The number of carbonyl (C=O) groups is 1. The van der Waals surface area contributed by atoms with Gasteiger partial charge in [0, 0.05) is 26.9 Å². The average molecular weight is 469 g/mol.